The zero-order chi connectivity index (χ0) is 38.0. The van der Waals surface area contributed by atoms with E-state index in [0.29, 0.717) is 16.4 Å². The van der Waals surface area contributed by atoms with Crippen LogP contribution in [0.3, 0.4) is 0 Å². The molecule has 0 fully saturated rings. The van der Waals surface area contributed by atoms with Crippen molar-refractivity contribution in [1.82, 2.24) is 19.9 Å². The highest BCUT2D eigenvalue weighted by Gasteiger charge is 2.30. The average molecular weight is 711 g/mol. The summed E-state index contributed by atoms with van der Waals surface area (Å²) in [6.07, 6.45) is 2.56. The predicted molar refractivity (Wildman–Crippen MR) is 187 cm³/mol. The van der Waals surface area contributed by atoms with Gasteiger partial charge in [-0.05, 0) is 95.2 Å². The Bertz CT molecular complexity index is 2010. The van der Waals surface area contributed by atoms with Gasteiger partial charge in [0.1, 0.15) is 11.5 Å². The molecule has 4 aromatic rings. The van der Waals surface area contributed by atoms with Gasteiger partial charge in [0, 0.05) is 17.5 Å². The Hall–Kier alpha value is -4.91. The highest BCUT2D eigenvalue weighted by atomic mass is 35.5. The molecule has 0 aliphatic heterocycles. The van der Waals surface area contributed by atoms with Crippen molar-refractivity contribution in [2.45, 2.75) is 83.1 Å². The van der Waals surface area contributed by atoms with Gasteiger partial charge in [-0.15, -0.1) is 0 Å². The van der Waals surface area contributed by atoms with Gasteiger partial charge in [-0.3, -0.25) is 24.0 Å². The highest BCUT2D eigenvalue weighted by molar-refractivity contribution is 6.34. The molecule has 1 N–H and O–H groups in total. The van der Waals surface area contributed by atoms with Crippen LogP contribution in [0.1, 0.15) is 83.1 Å². The van der Waals surface area contributed by atoms with Crippen LogP contribution in [-0.4, -0.2) is 43.8 Å². The quantitative estimate of drug-likeness (QED) is 0.130. The normalized spacial score (nSPS) is 12.1. The summed E-state index contributed by atoms with van der Waals surface area (Å²) in [4.78, 5) is 75.5. The van der Waals surface area contributed by atoms with E-state index >= 15 is 0 Å². The second-order valence-corrected chi connectivity index (χ2v) is 15.9. The van der Waals surface area contributed by atoms with Gasteiger partial charge in [0.05, 0.1) is 44.4 Å². The lowest BCUT2D eigenvalue weighted by atomic mass is 9.97. The third-order valence-electron chi connectivity index (χ3n) is 6.62. The van der Waals surface area contributed by atoms with E-state index < -0.39 is 45.5 Å². The lowest BCUT2D eigenvalue weighted by Gasteiger charge is -2.20. The molecule has 0 unspecified atom stereocenters. The lowest BCUT2D eigenvalue weighted by molar-refractivity contribution is -0.145. The standard InChI is InChI=1S/C18H21ClN2O4.C18H22N2O5/c1-17(2,3)15(22)24-12-7-10-11(20-9-21-14(10)19)8-13(12)25-16(23)18(4,5)6;1-17(2,3)15(22)24-12-7-10-11(19-9-20-14(10)21)8-13(12)25-16(23)18(4,5)6/h7-9H,1-6H3;7-9H,1-6H3,(H,19,20,21). The number of benzene rings is 2. The van der Waals surface area contributed by atoms with Crippen molar-refractivity contribution in [2.24, 2.45) is 21.7 Å². The Morgan fingerprint density at radius 1 is 0.540 bits per heavy atom. The minimum Gasteiger partial charge on any atom is -0.422 e. The molecule has 268 valence electrons. The molecular weight excluding hydrogens is 668 g/mol. The number of fused-ring (bicyclic) bond motifs is 2. The highest BCUT2D eigenvalue weighted by Crippen LogP contribution is 2.37. The van der Waals surface area contributed by atoms with E-state index in [2.05, 4.69) is 19.9 Å². The van der Waals surface area contributed by atoms with Crippen LogP contribution in [0, 0.1) is 21.7 Å². The molecule has 0 bridgehead atoms. The number of ether oxygens (including phenoxy) is 4. The van der Waals surface area contributed by atoms with Crippen molar-refractivity contribution < 1.29 is 38.1 Å². The number of halogens is 1. The van der Waals surface area contributed by atoms with Crippen molar-refractivity contribution in [1.29, 1.82) is 0 Å². The molecule has 2 aromatic carbocycles. The summed E-state index contributed by atoms with van der Waals surface area (Å²) in [6, 6.07) is 5.79. The Morgan fingerprint density at radius 2 is 0.880 bits per heavy atom. The van der Waals surface area contributed by atoms with Crippen LogP contribution in [0.15, 0.2) is 41.7 Å². The van der Waals surface area contributed by atoms with Crippen LogP contribution in [0.4, 0.5) is 0 Å². The fraction of sp³-hybridized carbons (Fsp3) is 0.444. The van der Waals surface area contributed by atoms with E-state index in [1.54, 1.807) is 83.1 Å². The molecule has 2 heterocycles. The molecule has 50 heavy (non-hydrogen) atoms. The molecule has 0 aliphatic carbocycles. The van der Waals surface area contributed by atoms with E-state index in [9.17, 15) is 24.0 Å². The zero-order valence-corrected chi connectivity index (χ0v) is 31.1. The Balaban J connectivity index is 0.000000270. The Morgan fingerprint density at radius 3 is 1.26 bits per heavy atom. The van der Waals surface area contributed by atoms with Crippen LogP contribution in [-0.2, 0) is 19.2 Å². The number of rotatable bonds is 4. The number of hydrogen-bond donors (Lipinski definition) is 1. The summed E-state index contributed by atoms with van der Waals surface area (Å²) in [6.45, 7) is 20.6. The number of esters is 4. The summed E-state index contributed by atoms with van der Waals surface area (Å²) < 4.78 is 21.7. The van der Waals surface area contributed by atoms with Crippen molar-refractivity contribution in [3.05, 3.63) is 52.4 Å². The number of aromatic amines is 1. The van der Waals surface area contributed by atoms with Crippen LogP contribution in [0.5, 0.6) is 23.0 Å². The Kier molecular flexibility index (Phi) is 11.5. The van der Waals surface area contributed by atoms with E-state index in [1.165, 1.54) is 36.9 Å². The summed E-state index contributed by atoms with van der Waals surface area (Å²) in [5.74, 6) is -1.67. The summed E-state index contributed by atoms with van der Waals surface area (Å²) in [5.41, 5.74) is -2.53. The topological polar surface area (TPSA) is 177 Å². The number of hydrogen-bond acceptors (Lipinski definition) is 12. The molecule has 0 saturated heterocycles. The first kappa shape index (κ1) is 39.5. The third kappa shape index (κ3) is 10.1. The molecule has 13 nitrogen and oxygen atoms in total. The van der Waals surface area contributed by atoms with E-state index in [4.69, 9.17) is 30.5 Å². The van der Waals surface area contributed by atoms with Gasteiger partial charge in [0.25, 0.3) is 5.56 Å². The second-order valence-electron chi connectivity index (χ2n) is 15.6. The SMILES string of the molecule is CC(C)(C)C(=O)Oc1cc2nc[nH]c(=O)c2cc1OC(=O)C(C)(C)C.CC(C)(C)C(=O)Oc1cc2ncnc(Cl)c2cc1OC(=O)C(C)(C)C. The van der Waals surface area contributed by atoms with Crippen LogP contribution < -0.4 is 24.5 Å². The second kappa shape index (κ2) is 14.5. The minimum atomic E-state index is -0.762. The van der Waals surface area contributed by atoms with Gasteiger partial charge < -0.3 is 23.9 Å². The number of nitrogens with zero attached hydrogens (tertiary/aromatic N) is 3. The minimum absolute atomic E-state index is 0.00326. The molecule has 0 aliphatic rings. The maximum Gasteiger partial charge on any atom is 0.316 e. The predicted octanol–water partition coefficient (Wildman–Crippen LogP) is 7.01. The van der Waals surface area contributed by atoms with Crippen molar-refractivity contribution in [2.75, 3.05) is 0 Å². The largest absolute Gasteiger partial charge is 0.422 e. The number of aromatic nitrogens is 4. The van der Waals surface area contributed by atoms with Crippen LogP contribution in [0.25, 0.3) is 21.8 Å². The number of nitrogens with one attached hydrogen (secondary N) is 1. The van der Waals surface area contributed by atoms with Crippen molar-refractivity contribution in [3.8, 4) is 23.0 Å². The number of carbonyl (C=O) groups excluding carboxylic acids is 4. The zero-order valence-electron chi connectivity index (χ0n) is 30.4. The van der Waals surface area contributed by atoms with E-state index in [1.807, 2.05) is 0 Å². The molecule has 0 atom stereocenters. The molecule has 0 radical (unpaired) electrons. The summed E-state index contributed by atoms with van der Waals surface area (Å²) in [7, 11) is 0. The first-order valence-electron chi connectivity index (χ1n) is 15.6. The fourth-order valence-electron chi connectivity index (χ4n) is 3.44. The molecule has 2 aromatic heterocycles. The van der Waals surface area contributed by atoms with E-state index in [-0.39, 0.29) is 39.1 Å². The maximum absolute atomic E-state index is 12.3. The van der Waals surface area contributed by atoms with Crippen LogP contribution in [0.2, 0.25) is 5.15 Å². The smallest absolute Gasteiger partial charge is 0.316 e. The van der Waals surface area contributed by atoms with Gasteiger partial charge >= 0.3 is 23.9 Å². The average Bonchev–Trinajstić information content (AvgIpc) is 2.97. The first-order chi connectivity index (χ1) is 22.8. The first-order valence-corrected chi connectivity index (χ1v) is 16.0. The molecular formula is C36H43ClN4O9. The van der Waals surface area contributed by atoms with Gasteiger partial charge in [0.15, 0.2) is 23.0 Å². The lowest BCUT2D eigenvalue weighted by Crippen LogP contribution is -2.28. The van der Waals surface area contributed by atoms with E-state index in [0.717, 1.165) is 0 Å². The van der Waals surface area contributed by atoms with Gasteiger partial charge in [-0.2, -0.15) is 0 Å². The van der Waals surface area contributed by atoms with Crippen molar-refractivity contribution >= 4 is 57.3 Å². The van der Waals surface area contributed by atoms with Crippen LogP contribution >= 0.6 is 11.6 Å². The molecule has 0 spiro atoms. The van der Waals surface area contributed by atoms with Gasteiger partial charge in [0.2, 0.25) is 0 Å². The molecule has 4 rings (SSSR count). The monoisotopic (exact) mass is 710 g/mol. The summed E-state index contributed by atoms with van der Waals surface area (Å²) in [5, 5.41) is 0.943. The van der Waals surface area contributed by atoms with Crippen molar-refractivity contribution in [3.63, 3.8) is 0 Å². The maximum atomic E-state index is 12.3. The molecule has 0 saturated carbocycles. The summed E-state index contributed by atoms with van der Waals surface area (Å²) >= 11 is 6.09. The van der Waals surface area contributed by atoms with Gasteiger partial charge in [-0.25, -0.2) is 15.0 Å². The third-order valence-corrected chi connectivity index (χ3v) is 6.92. The fourth-order valence-corrected chi connectivity index (χ4v) is 3.63. The Labute approximate surface area is 295 Å². The molecule has 14 heteroatoms. The van der Waals surface area contributed by atoms with Gasteiger partial charge in [-0.1, -0.05) is 11.6 Å². The molecule has 0 amide bonds. The number of carbonyl (C=O) groups is 4. The number of H-pyrrole nitrogens is 1.